The summed E-state index contributed by atoms with van der Waals surface area (Å²) in [4.78, 5) is 0. The zero-order valence-corrected chi connectivity index (χ0v) is 7.38. The van der Waals surface area contributed by atoms with Gasteiger partial charge in [-0.05, 0) is 33.1 Å². The predicted octanol–water partition coefficient (Wildman–Crippen LogP) is 1.47. The maximum Gasteiger partial charge on any atom is 0.0849 e. The van der Waals surface area contributed by atoms with Gasteiger partial charge >= 0.3 is 0 Å². The van der Waals surface area contributed by atoms with Crippen LogP contribution in [0.1, 0.15) is 33.1 Å². The standard InChI is InChI=1S/C9H18O2/c1-4-5-6-7-8(10)9(2,3)11/h4,8,10-11H,1,5-7H2,2-3H3. The molecule has 0 aromatic carbocycles. The summed E-state index contributed by atoms with van der Waals surface area (Å²) in [6.45, 7) is 6.81. The minimum atomic E-state index is -0.971. The molecule has 0 rings (SSSR count). The minimum Gasteiger partial charge on any atom is -0.390 e. The molecule has 0 spiro atoms. The van der Waals surface area contributed by atoms with Crippen LogP contribution >= 0.6 is 0 Å². The largest absolute Gasteiger partial charge is 0.390 e. The van der Waals surface area contributed by atoms with Crippen molar-refractivity contribution >= 4 is 0 Å². The smallest absolute Gasteiger partial charge is 0.0849 e. The van der Waals surface area contributed by atoms with Gasteiger partial charge in [0.25, 0.3) is 0 Å². The molecule has 0 aromatic rings. The molecule has 66 valence electrons. The van der Waals surface area contributed by atoms with Gasteiger partial charge in [0, 0.05) is 0 Å². The van der Waals surface area contributed by atoms with Gasteiger partial charge in [-0.15, -0.1) is 6.58 Å². The number of aliphatic hydroxyl groups excluding tert-OH is 1. The van der Waals surface area contributed by atoms with Crippen LogP contribution in [0, 0.1) is 0 Å². The number of hydrogen-bond acceptors (Lipinski definition) is 2. The summed E-state index contributed by atoms with van der Waals surface area (Å²) in [5, 5.41) is 18.6. The van der Waals surface area contributed by atoms with Crippen molar-refractivity contribution in [1.29, 1.82) is 0 Å². The summed E-state index contributed by atoms with van der Waals surface area (Å²) in [5.41, 5.74) is -0.971. The van der Waals surface area contributed by atoms with Crippen molar-refractivity contribution in [2.75, 3.05) is 0 Å². The SMILES string of the molecule is C=CCCCC(O)C(C)(C)O. The van der Waals surface area contributed by atoms with Crippen LogP contribution < -0.4 is 0 Å². The quantitative estimate of drug-likeness (QED) is 0.470. The van der Waals surface area contributed by atoms with Gasteiger partial charge in [0.2, 0.25) is 0 Å². The van der Waals surface area contributed by atoms with Crippen molar-refractivity contribution in [3.05, 3.63) is 12.7 Å². The molecule has 0 fully saturated rings. The molecule has 1 atom stereocenters. The molecule has 0 saturated carbocycles. The molecular weight excluding hydrogens is 140 g/mol. The second kappa shape index (κ2) is 4.52. The summed E-state index contributed by atoms with van der Waals surface area (Å²) >= 11 is 0. The lowest BCUT2D eigenvalue weighted by molar-refractivity contribution is -0.0518. The lowest BCUT2D eigenvalue weighted by Gasteiger charge is -2.24. The van der Waals surface area contributed by atoms with E-state index in [-0.39, 0.29) is 0 Å². The first kappa shape index (κ1) is 10.7. The summed E-state index contributed by atoms with van der Waals surface area (Å²) in [7, 11) is 0. The van der Waals surface area contributed by atoms with Gasteiger partial charge in [-0.1, -0.05) is 6.08 Å². The minimum absolute atomic E-state index is 0.623. The predicted molar refractivity (Wildman–Crippen MR) is 46.4 cm³/mol. The third-order valence-electron chi connectivity index (χ3n) is 1.70. The Kier molecular flexibility index (Phi) is 4.38. The van der Waals surface area contributed by atoms with E-state index >= 15 is 0 Å². The fourth-order valence-corrected chi connectivity index (χ4v) is 0.809. The normalized spacial score (nSPS) is 14.5. The molecule has 0 heterocycles. The van der Waals surface area contributed by atoms with E-state index in [1.807, 2.05) is 6.08 Å². The Balaban J connectivity index is 3.52. The third kappa shape index (κ3) is 4.99. The highest BCUT2D eigenvalue weighted by molar-refractivity contribution is 4.77. The number of rotatable bonds is 5. The number of aliphatic hydroxyl groups is 2. The highest BCUT2D eigenvalue weighted by atomic mass is 16.3. The maximum absolute atomic E-state index is 9.33. The molecule has 0 aromatic heterocycles. The van der Waals surface area contributed by atoms with Gasteiger partial charge in [-0.2, -0.15) is 0 Å². The van der Waals surface area contributed by atoms with E-state index < -0.39 is 11.7 Å². The van der Waals surface area contributed by atoms with Crippen LogP contribution in [0.4, 0.5) is 0 Å². The first-order valence-electron chi connectivity index (χ1n) is 4.00. The molecule has 0 aliphatic carbocycles. The van der Waals surface area contributed by atoms with Crippen molar-refractivity contribution < 1.29 is 10.2 Å². The Hall–Kier alpha value is -0.340. The van der Waals surface area contributed by atoms with Crippen molar-refractivity contribution in [1.82, 2.24) is 0 Å². The topological polar surface area (TPSA) is 40.5 Å². The molecule has 0 radical (unpaired) electrons. The Morgan fingerprint density at radius 2 is 2.09 bits per heavy atom. The van der Waals surface area contributed by atoms with Gasteiger partial charge < -0.3 is 10.2 Å². The van der Waals surface area contributed by atoms with E-state index in [9.17, 15) is 10.2 Å². The van der Waals surface area contributed by atoms with Crippen LogP contribution in [0.15, 0.2) is 12.7 Å². The molecule has 0 amide bonds. The van der Waals surface area contributed by atoms with Crippen LogP contribution in [-0.4, -0.2) is 21.9 Å². The number of unbranched alkanes of at least 4 members (excludes halogenated alkanes) is 1. The van der Waals surface area contributed by atoms with Crippen LogP contribution in [0.5, 0.6) is 0 Å². The highest BCUT2D eigenvalue weighted by Crippen LogP contribution is 2.14. The molecule has 11 heavy (non-hydrogen) atoms. The second-order valence-electron chi connectivity index (χ2n) is 3.39. The molecule has 2 nitrogen and oxygen atoms in total. The second-order valence-corrected chi connectivity index (χ2v) is 3.39. The molecule has 2 heteroatoms. The molecular formula is C9H18O2. The summed E-state index contributed by atoms with van der Waals surface area (Å²) in [6.07, 6.45) is 3.61. The van der Waals surface area contributed by atoms with Crippen LogP contribution in [0.3, 0.4) is 0 Å². The van der Waals surface area contributed by atoms with Crippen molar-refractivity contribution in [2.45, 2.75) is 44.8 Å². The Bertz CT molecular complexity index is 113. The lowest BCUT2D eigenvalue weighted by atomic mass is 9.97. The Morgan fingerprint density at radius 3 is 2.45 bits per heavy atom. The fourth-order valence-electron chi connectivity index (χ4n) is 0.809. The van der Waals surface area contributed by atoms with E-state index in [1.165, 1.54) is 0 Å². The zero-order chi connectivity index (χ0) is 8.91. The Morgan fingerprint density at radius 1 is 1.55 bits per heavy atom. The van der Waals surface area contributed by atoms with E-state index in [2.05, 4.69) is 6.58 Å². The summed E-state index contributed by atoms with van der Waals surface area (Å²) in [6, 6.07) is 0. The Labute approximate surface area is 68.6 Å². The average Bonchev–Trinajstić information content (AvgIpc) is 1.86. The summed E-state index contributed by atoms with van der Waals surface area (Å²) < 4.78 is 0. The third-order valence-corrected chi connectivity index (χ3v) is 1.70. The van der Waals surface area contributed by atoms with Crippen molar-refractivity contribution in [3.8, 4) is 0 Å². The molecule has 1 unspecified atom stereocenters. The number of allylic oxidation sites excluding steroid dienone is 1. The molecule has 0 bridgehead atoms. The fraction of sp³-hybridized carbons (Fsp3) is 0.778. The zero-order valence-electron chi connectivity index (χ0n) is 7.38. The van der Waals surface area contributed by atoms with Crippen LogP contribution in [0.25, 0.3) is 0 Å². The van der Waals surface area contributed by atoms with E-state index in [0.717, 1.165) is 12.8 Å². The van der Waals surface area contributed by atoms with Crippen molar-refractivity contribution in [3.63, 3.8) is 0 Å². The maximum atomic E-state index is 9.33. The monoisotopic (exact) mass is 158 g/mol. The van der Waals surface area contributed by atoms with Crippen molar-refractivity contribution in [2.24, 2.45) is 0 Å². The average molecular weight is 158 g/mol. The van der Waals surface area contributed by atoms with E-state index in [0.29, 0.717) is 6.42 Å². The highest BCUT2D eigenvalue weighted by Gasteiger charge is 2.23. The van der Waals surface area contributed by atoms with Gasteiger partial charge in [0.05, 0.1) is 11.7 Å². The van der Waals surface area contributed by atoms with Gasteiger partial charge in [-0.3, -0.25) is 0 Å². The van der Waals surface area contributed by atoms with Crippen LogP contribution in [0.2, 0.25) is 0 Å². The lowest BCUT2D eigenvalue weighted by Crippen LogP contribution is -2.35. The first-order valence-corrected chi connectivity index (χ1v) is 4.00. The molecule has 0 aliphatic rings. The number of hydrogen-bond donors (Lipinski definition) is 2. The van der Waals surface area contributed by atoms with Crippen LogP contribution in [-0.2, 0) is 0 Å². The molecule has 0 aliphatic heterocycles. The first-order chi connectivity index (χ1) is 4.98. The molecule has 0 saturated heterocycles. The van der Waals surface area contributed by atoms with Gasteiger partial charge in [0.15, 0.2) is 0 Å². The van der Waals surface area contributed by atoms with Gasteiger partial charge in [-0.25, -0.2) is 0 Å². The summed E-state index contributed by atoms with van der Waals surface area (Å²) in [5.74, 6) is 0. The van der Waals surface area contributed by atoms with E-state index in [4.69, 9.17) is 0 Å². The molecule has 2 N–H and O–H groups in total. The van der Waals surface area contributed by atoms with E-state index in [1.54, 1.807) is 13.8 Å². The van der Waals surface area contributed by atoms with Gasteiger partial charge in [0.1, 0.15) is 0 Å².